The lowest BCUT2D eigenvalue weighted by Gasteiger charge is -2.19. The Kier molecular flexibility index (Phi) is 7.24. The number of hydrogen-bond donors (Lipinski definition) is 1. The lowest BCUT2D eigenvalue weighted by atomic mass is 10.2. The molecule has 0 unspecified atom stereocenters. The first-order chi connectivity index (χ1) is 11.1. The Morgan fingerprint density at radius 3 is 2.52 bits per heavy atom. The Hall–Kier alpha value is -1.20. The predicted octanol–water partition coefficient (Wildman–Crippen LogP) is 3.72. The van der Waals surface area contributed by atoms with E-state index in [2.05, 4.69) is 5.32 Å². The zero-order chi connectivity index (χ0) is 16.7. The van der Waals surface area contributed by atoms with Gasteiger partial charge in [0.1, 0.15) is 0 Å². The molecule has 1 heterocycles. The molecule has 23 heavy (non-hydrogen) atoms. The fourth-order valence-corrected chi connectivity index (χ4v) is 3.54. The van der Waals surface area contributed by atoms with Crippen molar-refractivity contribution in [2.24, 2.45) is 0 Å². The summed E-state index contributed by atoms with van der Waals surface area (Å²) in [5.41, 5.74) is 1.69. The van der Waals surface area contributed by atoms with Gasteiger partial charge in [0, 0.05) is 23.8 Å². The van der Waals surface area contributed by atoms with Crippen LogP contribution >= 0.6 is 23.4 Å². The molecule has 0 atom stereocenters. The van der Waals surface area contributed by atoms with Gasteiger partial charge in [-0.25, -0.2) is 0 Å². The van der Waals surface area contributed by atoms with E-state index >= 15 is 0 Å². The summed E-state index contributed by atoms with van der Waals surface area (Å²) in [6.45, 7) is 3.61. The molecule has 1 aromatic carbocycles. The maximum atomic E-state index is 12.1. The minimum absolute atomic E-state index is 0.0934. The number of thioether (sulfide) groups is 1. The second-order valence-electron chi connectivity index (χ2n) is 5.80. The van der Waals surface area contributed by atoms with Gasteiger partial charge in [0.25, 0.3) is 0 Å². The van der Waals surface area contributed by atoms with E-state index in [1.807, 2.05) is 17.9 Å². The van der Waals surface area contributed by atoms with Crippen molar-refractivity contribution in [1.29, 1.82) is 0 Å². The normalized spacial score (nSPS) is 15.1. The lowest BCUT2D eigenvalue weighted by Crippen LogP contribution is -2.33. The summed E-state index contributed by atoms with van der Waals surface area (Å²) in [5, 5.41) is 3.51. The van der Waals surface area contributed by atoms with Crippen LogP contribution in [0.1, 0.15) is 31.2 Å². The number of benzene rings is 1. The summed E-state index contributed by atoms with van der Waals surface area (Å²) in [6, 6.07) is 5.36. The molecule has 0 bridgehead atoms. The highest BCUT2D eigenvalue weighted by atomic mass is 35.5. The van der Waals surface area contributed by atoms with Crippen LogP contribution in [0.15, 0.2) is 18.2 Å². The highest BCUT2D eigenvalue weighted by Crippen LogP contribution is 2.20. The van der Waals surface area contributed by atoms with E-state index in [-0.39, 0.29) is 17.6 Å². The fourth-order valence-electron chi connectivity index (χ4n) is 2.60. The standard InChI is InChI=1S/C17H23ClN2O2S/c1-13-10-14(18)6-7-15(13)19-16(21)11-23-12-17(22)20-8-4-2-3-5-9-20/h6-7,10H,2-5,8-9,11-12H2,1H3,(H,19,21). The summed E-state index contributed by atoms with van der Waals surface area (Å²) in [6.07, 6.45) is 4.60. The molecule has 0 aromatic heterocycles. The SMILES string of the molecule is Cc1cc(Cl)ccc1NC(=O)CSCC(=O)N1CCCCCC1. The number of carbonyl (C=O) groups excluding carboxylic acids is 2. The zero-order valence-corrected chi connectivity index (χ0v) is 15.0. The molecule has 6 heteroatoms. The zero-order valence-electron chi connectivity index (χ0n) is 13.4. The highest BCUT2D eigenvalue weighted by molar-refractivity contribution is 8.00. The largest absolute Gasteiger partial charge is 0.342 e. The summed E-state index contributed by atoms with van der Waals surface area (Å²) >= 11 is 7.27. The summed E-state index contributed by atoms with van der Waals surface area (Å²) in [5.74, 6) is 0.700. The number of rotatable bonds is 5. The Bertz CT molecular complexity index is 558. The van der Waals surface area contributed by atoms with E-state index in [4.69, 9.17) is 11.6 Å². The molecule has 1 N–H and O–H groups in total. The number of halogens is 1. The van der Waals surface area contributed by atoms with Crippen molar-refractivity contribution in [3.05, 3.63) is 28.8 Å². The molecular weight excluding hydrogens is 332 g/mol. The maximum absolute atomic E-state index is 12.1. The second-order valence-corrected chi connectivity index (χ2v) is 7.22. The van der Waals surface area contributed by atoms with Crippen LogP contribution in [0.25, 0.3) is 0 Å². The topological polar surface area (TPSA) is 49.4 Å². The highest BCUT2D eigenvalue weighted by Gasteiger charge is 2.16. The smallest absolute Gasteiger partial charge is 0.234 e. The van der Waals surface area contributed by atoms with E-state index < -0.39 is 0 Å². The Morgan fingerprint density at radius 2 is 1.87 bits per heavy atom. The number of nitrogens with one attached hydrogen (secondary N) is 1. The number of amides is 2. The Labute approximate surface area is 146 Å². The summed E-state index contributed by atoms with van der Waals surface area (Å²) in [4.78, 5) is 26.0. The van der Waals surface area contributed by atoms with Crippen molar-refractivity contribution in [2.45, 2.75) is 32.6 Å². The average molecular weight is 355 g/mol. The predicted molar refractivity (Wildman–Crippen MR) is 97.2 cm³/mol. The van der Waals surface area contributed by atoms with Crippen LogP contribution in [0.2, 0.25) is 5.02 Å². The van der Waals surface area contributed by atoms with Crippen molar-refractivity contribution in [3.8, 4) is 0 Å². The van der Waals surface area contributed by atoms with Gasteiger partial charge < -0.3 is 10.2 Å². The maximum Gasteiger partial charge on any atom is 0.234 e. The quantitative estimate of drug-likeness (QED) is 0.876. The molecule has 0 aliphatic carbocycles. The molecule has 0 radical (unpaired) electrons. The number of likely N-dealkylation sites (tertiary alicyclic amines) is 1. The third-order valence-electron chi connectivity index (χ3n) is 3.88. The van der Waals surface area contributed by atoms with E-state index in [1.54, 1.807) is 12.1 Å². The van der Waals surface area contributed by atoms with E-state index in [1.165, 1.54) is 24.6 Å². The van der Waals surface area contributed by atoms with Gasteiger partial charge in [0.2, 0.25) is 11.8 Å². The molecule has 2 rings (SSSR count). The first-order valence-corrected chi connectivity index (χ1v) is 9.51. The van der Waals surface area contributed by atoms with E-state index in [0.29, 0.717) is 10.8 Å². The molecule has 126 valence electrons. The molecule has 1 aliphatic heterocycles. The van der Waals surface area contributed by atoms with E-state index in [9.17, 15) is 9.59 Å². The fraction of sp³-hybridized carbons (Fsp3) is 0.529. The minimum atomic E-state index is -0.0934. The number of hydrogen-bond acceptors (Lipinski definition) is 3. The van der Waals surface area contributed by atoms with Crippen LogP contribution < -0.4 is 5.32 Å². The van der Waals surface area contributed by atoms with Gasteiger partial charge in [-0.1, -0.05) is 24.4 Å². The lowest BCUT2D eigenvalue weighted by molar-refractivity contribution is -0.128. The first kappa shape index (κ1) is 18.1. The van der Waals surface area contributed by atoms with Gasteiger partial charge >= 0.3 is 0 Å². The summed E-state index contributed by atoms with van der Waals surface area (Å²) < 4.78 is 0. The molecule has 1 fully saturated rings. The van der Waals surface area contributed by atoms with Crippen LogP contribution in [0.3, 0.4) is 0 Å². The first-order valence-electron chi connectivity index (χ1n) is 7.98. The second kappa shape index (κ2) is 9.18. The monoisotopic (exact) mass is 354 g/mol. The van der Waals surface area contributed by atoms with Crippen LogP contribution in [0, 0.1) is 6.92 Å². The van der Waals surface area contributed by atoms with Gasteiger partial charge in [-0.05, 0) is 43.5 Å². The van der Waals surface area contributed by atoms with Crippen LogP contribution in [0.5, 0.6) is 0 Å². The molecule has 1 saturated heterocycles. The summed E-state index contributed by atoms with van der Waals surface area (Å²) in [7, 11) is 0. The number of anilines is 1. The molecule has 4 nitrogen and oxygen atoms in total. The minimum Gasteiger partial charge on any atom is -0.342 e. The number of carbonyl (C=O) groups is 2. The Balaban J connectivity index is 1.72. The molecule has 1 aliphatic rings. The van der Waals surface area contributed by atoms with Crippen molar-refractivity contribution < 1.29 is 9.59 Å². The van der Waals surface area contributed by atoms with Gasteiger partial charge in [-0.2, -0.15) is 0 Å². The van der Waals surface area contributed by atoms with Crippen molar-refractivity contribution in [3.63, 3.8) is 0 Å². The number of aryl methyl sites for hydroxylation is 1. The van der Waals surface area contributed by atoms with Crippen LogP contribution in [-0.4, -0.2) is 41.3 Å². The molecular formula is C17H23ClN2O2S. The van der Waals surface area contributed by atoms with Crippen molar-refractivity contribution >= 4 is 40.9 Å². The average Bonchev–Trinajstić information content (AvgIpc) is 2.79. The number of nitrogens with zero attached hydrogens (tertiary/aromatic N) is 1. The van der Waals surface area contributed by atoms with E-state index in [0.717, 1.165) is 37.2 Å². The third-order valence-corrected chi connectivity index (χ3v) is 5.03. The molecule has 0 spiro atoms. The molecule has 2 amide bonds. The van der Waals surface area contributed by atoms with Gasteiger partial charge in [0.15, 0.2) is 0 Å². The van der Waals surface area contributed by atoms with Crippen LogP contribution in [-0.2, 0) is 9.59 Å². The van der Waals surface area contributed by atoms with Crippen molar-refractivity contribution in [1.82, 2.24) is 4.90 Å². The van der Waals surface area contributed by atoms with Crippen molar-refractivity contribution in [2.75, 3.05) is 29.9 Å². The molecule has 0 saturated carbocycles. The van der Waals surface area contributed by atoms with Gasteiger partial charge in [-0.15, -0.1) is 11.8 Å². The Morgan fingerprint density at radius 1 is 1.17 bits per heavy atom. The third kappa shape index (κ3) is 6.07. The molecule has 1 aromatic rings. The van der Waals surface area contributed by atoms with Gasteiger partial charge in [0.05, 0.1) is 11.5 Å². The van der Waals surface area contributed by atoms with Gasteiger partial charge in [-0.3, -0.25) is 9.59 Å². The van der Waals surface area contributed by atoms with Crippen LogP contribution in [0.4, 0.5) is 5.69 Å².